The Kier molecular flexibility index (Phi) is 4.77. The third kappa shape index (κ3) is 3.00. The van der Waals surface area contributed by atoms with Crippen molar-refractivity contribution in [3.8, 4) is 17.5 Å². The van der Waals surface area contributed by atoms with Crippen LogP contribution in [0.25, 0.3) is 22.3 Å². The molecule has 0 amide bonds. The number of carbonyl (C=O) groups is 1. The van der Waals surface area contributed by atoms with Crippen LogP contribution >= 0.6 is 0 Å². The quantitative estimate of drug-likeness (QED) is 0.560. The number of anilines is 1. The predicted molar refractivity (Wildman–Crippen MR) is 131 cm³/mol. The van der Waals surface area contributed by atoms with Crippen LogP contribution in [0, 0.1) is 23.2 Å². The van der Waals surface area contributed by atoms with Gasteiger partial charge < -0.3 is 4.90 Å². The summed E-state index contributed by atoms with van der Waals surface area (Å²) < 4.78 is 0. The van der Waals surface area contributed by atoms with E-state index in [-0.39, 0.29) is 23.2 Å². The summed E-state index contributed by atoms with van der Waals surface area (Å²) in [5, 5.41) is 10.7. The van der Waals surface area contributed by atoms with Crippen LogP contribution in [0.15, 0.2) is 48.2 Å². The molecule has 3 atom stereocenters. The van der Waals surface area contributed by atoms with E-state index in [0.717, 1.165) is 66.8 Å². The fourth-order valence-electron chi connectivity index (χ4n) is 6.36. The molecule has 0 unspecified atom stereocenters. The first-order chi connectivity index (χ1) is 16.5. The molecule has 1 aliphatic heterocycles. The molecule has 0 spiro atoms. The van der Waals surface area contributed by atoms with Gasteiger partial charge in [0, 0.05) is 47.1 Å². The van der Waals surface area contributed by atoms with Crippen LogP contribution in [0.5, 0.6) is 0 Å². The van der Waals surface area contributed by atoms with Crippen LogP contribution in [-0.4, -0.2) is 33.8 Å². The molecule has 3 aromatic rings. The number of carbonyl (C=O) groups excluding carboxylic acids is 1. The zero-order chi connectivity index (χ0) is 23.4. The molecule has 1 fully saturated rings. The number of benzene rings is 1. The van der Waals surface area contributed by atoms with Gasteiger partial charge in [0.1, 0.15) is 11.9 Å². The van der Waals surface area contributed by atoms with Gasteiger partial charge in [0.15, 0.2) is 11.6 Å². The third-order valence-corrected chi connectivity index (χ3v) is 8.11. The molecule has 2 aromatic heterocycles. The van der Waals surface area contributed by atoms with Crippen LogP contribution in [0.1, 0.15) is 44.4 Å². The minimum Gasteiger partial charge on any atom is -0.356 e. The van der Waals surface area contributed by atoms with E-state index in [1.54, 1.807) is 0 Å². The maximum Gasteiger partial charge on any atom is 0.176 e. The number of para-hydroxylation sites is 1. The number of nitriles is 1. The first-order valence-electron chi connectivity index (χ1n) is 12.2. The number of hydrogen-bond donors (Lipinski definition) is 0. The number of hydrogen-bond acceptors (Lipinski definition) is 6. The number of fused-ring (bicyclic) bond motifs is 4. The highest BCUT2D eigenvalue weighted by molar-refractivity contribution is 6.02. The van der Waals surface area contributed by atoms with Gasteiger partial charge in [-0.05, 0) is 43.7 Å². The zero-order valence-electron chi connectivity index (χ0n) is 19.6. The summed E-state index contributed by atoms with van der Waals surface area (Å²) in [6.45, 7) is 6.12. The third-order valence-electron chi connectivity index (χ3n) is 8.11. The fourth-order valence-corrected chi connectivity index (χ4v) is 6.36. The normalized spacial score (nSPS) is 26.1. The first-order valence-corrected chi connectivity index (χ1v) is 12.2. The number of ketones is 1. The summed E-state index contributed by atoms with van der Waals surface area (Å²) in [6.07, 6.45) is 7.79. The summed E-state index contributed by atoms with van der Waals surface area (Å²) in [5.74, 6) is 1.59. The Bertz CT molecular complexity index is 1390. The highest BCUT2D eigenvalue weighted by Gasteiger charge is 2.50. The van der Waals surface area contributed by atoms with E-state index in [9.17, 15) is 10.1 Å². The van der Waals surface area contributed by atoms with Crippen molar-refractivity contribution in [2.45, 2.75) is 44.9 Å². The van der Waals surface area contributed by atoms with Crippen molar-refractivity contribution in [1.29, 1.82) is 5.26 Å². The lowest BCUT2D eigenvalue weighted by molar-refractivity contribution is -0.121. The SMILES string of the molecule is C[C@H]1C(=O)C(C#N)=C[C@@]2(C)c3nc(-c4ccnc5ccccc45)nc(N4CCCC4)c3CC[C@H]12. The second-order valence-corrected chi connectivity index (χ2v) is 10.0. The number of aromatic nitrogens is 3. The first kappa shape index (κ1) is 21.0. The Balaban J connectivity index is 1.64. The number of allylic oxidation sites excluding steroid dienone is 2. The minimum atomic E-state index is -0.485. The molecule has 6 rings (SSSR count). The van der Waals surface area contributed by atoms with Crippen molar-refractivity contribution in [2.24, 2.45) is 11.8 Å². The lowest BCUT2D eigenvalue weighted by Gasteiger charge is -2.46. The van der Waals surface area contributed by atoms with Crippen LogP contribution in [-0.2, 0) is 16.6 Å². The van der Waals surface area contributed by atoms with Gasteiger partial charge in [0.2, 0.25) is 0 Å². The van der Waals surface area contributed by atoms with E-state index >= 15 is 0 Å². The average Bonchev–Trinajstić information content (AvgIpc) is 3.40. The molecule has 0 saturated carbocycles. The average molecular weight is 450 g/mol. The minimum absolute atomic E-state index is 0.0393. The van der Waals surface area contributed by atoms with Crippen molar-refractivity contribution in [3.05, 3.63) is 59.4 Å². The Hall–Kier alpha value is -3.59. The summed E-state index contributed by atoms with van der Waals surface area (Å²) in [4.78, 5) is 30.1. The molecule has 34 heavy (non-hydrogen) atoms. The number of pyridine rings is 1. The number of nitrogens with zero attached hydrogens (tertiary/aromatic N) is 5. The molecule has 0 bridgehead atoms. The monoisotopic (exact) mass is 449 g/mol. The van der Waals surface area contributed by atoms with Crippen LogP contribution in [0.4, 0.5) is 5.82 Å². The molecule has 170 valence electrons. The van der Waals surface area contributed by atoms with Gasteiger partial charge in [-0.3, -0.25) is 9.78 Å². The topological polar surface area (TPSA) is 82.8 Å². The van der Waals surface area contributed by atoms with Crippen molar-refractivity contribution in [1.82, 2.24) is 15.0 Å². The fraction of sp³-hybridized carbons (Fsp3) is 0.393. The summed E-state index contributed by atoms with van der Waals surface area (Å²) in [7, 11) is 0. The van der Waals surface area contributed by atoms with E-state index in [0.29, 0.717) is 5.82 Å². The Labute approximate surface area is 199 Å². The summed E-state index contributed by atoms with van der Waals surface area (Å²) in [5.41, 5.74) is 3.81. The number of Topliss-reactive ketones (excluding diaryl/α,β-unsaturated/α-hetero) is 1. The van der Waals surface area contributed by atoms with Crippen molar-refractivity contribution in [3.63, 3.8) is 0 Å². The largest absolute Gasteiger partial charge is 0.356 e. The number of rotatable bonds is 2. The van der Waals surface area contributed by atoms with Crippen molar-refractivity contribution >= 4 is 22.5 Å². The summed E-state index contributed by atoms with van der Waals surface area (Å²) in [6, 6.07) is 12.2. The van der Waals surface area contributed by atoms with Crippen LogP contribution in [0.2, 0.25) is 0 Å². The van der Waals surface area contributed by atoms with Crippen molar-refractivity contribution < 1.29 is 4.79 Å². The van der Waals surface area contributed by atoms with Gasteiger partial charge in [-0.1, -0.05) is 38.1 Å². The second kappa shape index (κ2) is 7.73. The molecular weight excluding hydrogens is 422 g/mol. The molecular formula is C28H27N5O. The van der Waals surface area contributed by atoms with Gasteiger partial charge in [0.05, 0.1) is 16.8 Å². The molecule has 6 nitrogen and oxygen atoms in total. The van der Waals surface area contributed by atoms with Gasteiger partial charge in [-0.15, -0.1) is 0 Å². The smallest absolute Gasteiger partial charge is 0.176 e. The standard InChI is InChI=1S/C28H27N5O/c1-17-22-10-9-21-25(28(22,2)15-18(16-29)24(17)34)31-26(32-27(21)33-13-5-6-14-33)20-11-12-30-23-8-4-3-7-19(20)23/h3-4,7-8,11-12,15,17,22H,5-6,9-10,13-14H2,1-2H3/t17-,22-,28-/m1/s1. The molecule has 3 heterocycles. The molecule has 3 aliphatic rings. The Morgan fingerprint density at radius 3 is 2.74 bits per heavy atom. The Morgan fingerprint density at radius 2 is 1.94 bits per heavy atom. The van der Waals surface area contributed by atoms with E-state index in [1.165, 1.54) is 5.56 Å². The van der Waals surface area contributed by atoms with Crippen LogP contribution in [0.3, 0.4) is 0 Å². The summed E-state index contributed by atoms with van der Waals surface area (Å²) >= 11 is 0. The van der Waals surface area contributed by atoms with E-state index < -0.39 is 5.41 Å². The molecule has 0 N–H and O–H groups in total. The lowest BCUT2D eigenvalue weighted by atomic mass is 9.58. The molecule has 1 saturated heterocycles. The second-order valence-electron chi connectivity index (χ2n) is 10.0. The van der Waals surface area contributed by atoms with Gasteiger partial charge in [-0.2, -0.15) is 5.26 Å². The highest BCUT2D eigenvalue weighted by Crippen LogP contribution is 2.51. The molecule has 1 aromatic carbocycles. The van der Waals surface area contributed by atoms with E-state index in [4.69, 9.17) is 9.97 Å². The Morgan fingerprint density at radius 1 is 1.15 bits per heavy atom. The van der Waals surface area contributed by atoms with E-state index in [2.05, 4.69) is 28.9 Å². The van der Waals surface area contributed by atoms with E-state index in [1.807, 2.05) is 43.5 Å². The van der Waals surface area contributed by atoms with Crippen molar-refractivity contribution in [2.75, 3.05) is 18.0 Å². The van der Waals surface area contributed by atoms with Gasteiger partial charge in [-0.25, -0.2) is 9.97 Å². The highest BCUT2D eigenvalue weighted by atomic mass is 16.1. The maximum atomic E-state index is 12.8. The molecule has 6 heteroatoms. The zero-order valence-corrected chi connectivity index (χ0v) is 19.6. The lowest BCUT2D eigenvalue weighted by Crippen LogP contribution is -2.46. The maximum absolute atomic E-state index is 12.8. The predicted octanol–water partition coefficient (Wildman–Crippen LogP) is 4.78. The molecule has 0 radical (unpaired) electrons. The van der Waals surface area contributed by atoms with Crippen LogP contribution < -0.4 is 4.90 Å². The molecule has 2 aliphatic carbocycles. The van der Waals surface area contributed by atoms with Gasteiger partial charge >= 0.3 is 0 Å². The van der Waals surface area contributed by atoms with Gasteiger partial charge in [0.25, 0.3) is 0 Å².